The van der Waals surface area contributed by atoms with Gasteiger partial charge in [0, 0.05) is 24.6 Å². The lowest BCUT2D eigenvalue weighted by Crippen LogP contribution is -2.22. The van der Waals surface area contributed by atoms with Crippen molar-refractivity contribution in [1.29, 1.82) is 0 Å². The summed E-state index contributed by atoms with van der Waals surface area (Å²) in [4.78, 5) is 2.45. The van der Waals surface area contributed by atoms with Gasteiger partial charge in [-0.15, -0.1) is 0 Å². The molecule has 24 heavy (non-hydrogen) atoms. The second-order valence-corrected chi connectivity index (χ2v) is 6.31. The summed E-state index contributed by atoms with van der Waals surface area (Å²) in [5.74, 6) is 3.49. The fraction of sp³-hybridized carbons (Fsp3) is 0.474. The first kappa shape index (κ1) is 15.4. The van der Waals surface area contributed by atoms with Gasteiger partial charge in [-0.05, 0) is 37.6 Å². The van der Waals surface area contributed by atoms with Crippen LogP contribution in [0.15, 0.2) is 34.9 Å². The van der Waals surface area contributed by atoms with Crippen molar-refractivity contribution in [3.8, 4) is 17.2 Å². The molecule has 0 amide bonds. The number of nitrogens with zero attached hydrogens (tertiary/aromatic N) is 1. The van der Waals surface area contributed by atoms with Gasteiger partial charge in [0.25, 0.3) is 0 Å². The van der Waals surface area contributed by atoms with Crippen molar-refractivity contribution in [2.45, 2.75) is 31.8 Å². The van der Waals surface area contributed by atoms with Crippen molar-refractivity contribution >= 4 is 0 Å². The average molecular weight is 329 g/mol. The van der Waals surface area contributed by atoms with Gasteiger partial charge in [-0.2, -0.15) is 0 Å². The van der Waals surface area contributed by atoms with E-state index in [1.54, 1.807) is 13.4 Å². The number of hydrogen-bond donors (Lipinski definition) is 0. The van der Waals surface area contributed by atoms with Gasteiger partial charge in [-0.25, -0.2) is 0 Å². The van der Waals surface area contributed by atoms with Crippen LogP contribution in [0.25, 0.3) is 0 Å². The molecular weight excluding hydrogens is 306 g/mol. The Kier molecular flexibility index (Phi) is 4.34. The Morgan fingerprint density at radius 1 is 1.17 bits per heavy atom. The van der Waals surface area contributed by atoms with Gasteiger partial charge >= 0.3 is 0 Å². The van der Waals surface area contributed by atoms with Crippen molar-refractivity contribution < 1.29 is 18.6 Å². The van der Waals surface area contributed by atoms with Crippen LogP contribution in [0.2, 0.25) is 0 Å². The lowest BCUT2D eigenvalue weighted by atomic mass is 10.1. The van der Waals surface area contributed by atoms with E-state index in [0.717, 1.165) is 54.5 Å². The van der Waals surface area contributed by atoms with Crippen molar-refractivity contribution in [3.05, 3.63) is 41.9 Å². The van der Waals surface area contributed by atoms with Gasteiger partial charge in [0.15, 0.2) is 11.5 Å². The molecule has 0 saturated carbocycles. The zero-order valence-electron chi connectivity index (χ0n) is 14.0. The van der Waals surface area contributed by atoms with Crippen molar-refractivity contribution in [3.63, 3.8) is 0 Å². The second kappa shape index (κ2) is 6.77. The van der Waals surface area contributed by atoms with E-state index in [0.29, 0.717) is 19.3 Å². The van der Waals surface area contributed by atoms with Gasteiger partial charge in [-0.3, -0.25) is 4.90 Å². The first-order valence-corrected chi connectivity index (χ1v) is 8.59. The highest BCUT2D eigenvalue weighted by Crippen LogP contribution is 2.39. The fourth-order valence-corrected chi connectivity index (χ4v) is 3.58. The zero-order valence-corrected chi connectivity index (χ0v) is 14.0. The second-order valence-electron chi connectivity index (χ2n) is 6.31. The van der Waals surface area contributed by atoms with Crippen LogP contribution in [0.4, 0.5) is 0 Å². The smallest absolute Gasteiger partial charge is 0.164 e. The number of furan rings is 1. The monoisotopic (exact) mass is 329 g/mol. The van der Waals surface area contributed by atoms with Crippen molar-refractivity contribution in [2.24, 2.45) is 0 Å². The molecule has 0 bridgehead atoms. The van der Waals surface area contributed by atoms with Crippen LogP contribution in [0, 0.1) is 0 Å². The Bertz CT molecular complexity index is 683. The number of fused-ring (bicyclic) bond motifs is 1. The van der Waals surface area contributed by atoms with E-state index in [1.165, 1.54) is 6.42 Å². The van der Waals surface area contributed by atoms with E-state index >= 15 is 0 Å². The molecule has 1 aromatic heterocycles. The summed E-state index contributed by atoms with van der Waals surface area (Å²) in [6.07, 6.45) is 4.96. The number of likely N-dealkylation sites (tertiary alicyclic amines) is 1. The van der Waals surface area contributed by atoms with Crippen LogP contribution in [0.5, 0.6) is 17.2 Å². The predicted molar refractivity (Wildman–Crippen MR) is 89.7 cm³/mol. The fourth-order valence-electron chi connectivity index (χ4n) is 3.58. The van der Waals surface area contributed by atoms with Gasteiger partial charge in [0.05, 0.1) is 32.6 Å². The Morgan fingerprint density at radius 3 is 2.75 bits per heavy atom. The topological polar surface area (TPSA) is 44.1 Å². The molecule has 3 heterocycles. The minimum Gasteiger partial charge on any atom is -0.496 e. The van der Waals surface area contributed by atoms with Gasteiger partial charge < -0.3 is 18.6 Å². The van der Waals surface area contributed by atoms with Gasteiger partial charge in [0.1, 0.15) is 11.5 Å². The zero-order chi connectivity index (χ0) is 16.4. The van der Waals surface area contributed by atoms with E-state index < -0.39 is 0 Å². The number of methoxy groups -OCH3 is 1. The number of ether oxygens (including phenoxy) is 3. The minimum atomic E-state index is 0.334. The Labute approximate surface area is 142 Å². The van der Waals surface area contributed by atoms with E-state index in [-0.39, 0.29) is 0 Å². The highest BCUT2D eigenvalue weighted by atomic mass is 16.5. The number of benzene rings is 1. The molecule has 1 fully saturated rings. The summed E-state index contributed by atoms with van der Waals surface area (Å²) >= 11 is 0. The summed E-state index contributed by atoms with van der Waals surface area (Å²) in [5.41, 5.74) is 1.13. The standard InChI is InChI=1S/C19H23NO4/c1-21-17-12-19-18(23-9-4-10-24-19)11-14(17)13-20-7-2-5-15(20)16-6-3-8-22-16/h3,6,8,11-12,15H,2,4-5,7,9-10,13H2,1H3/t15-/m0/s1. The Morgan fingerprint density at radius 2 is 2.00 bits per heavy atom. The lowest BCUT2D eigenvalue weighted by molar-refractivity contribution is 0.217. The average Bonchev–Trinajstić information content (AvgIpc) is 3.22. The molecule has 1 atom stereocenters. The van der Waals surface area contributed by atoms with Crippen LogP contribution in [0.1, 0.15) is 36.6 Å². The van der Waals surface area contributed by atoms with Crippen LogP contribution in [-0.2, 0) is 6.54 Å². The molecular formula is C19H23NO4. The van der Waals surface area contributed by atoms with Crippen molar-refractivity contribution in [2.75, 3.05) is 26.9 Å². The highest BCUT2D eigenvalue weighted by Gasteiger charge is 2.29. The normalized spacial score (nSPS) is 20.8. The SMILES string of the molecule is COc1cc2c(cc1CN1CCC[C@H]1c1ccco1)OCCCO2. The van der Waals surface area contributed by atoms with Crippen LogP contribution in [0.3, 0.4) is 0 Å². The lowest BCUT2D eigenvalue weighted by Gasteiger charge is -2.24. The summed E-state index contributed by atoms with van der Waals surface area (Å²) in [6, 6.07) is 8.37. The highest BCUT2D eigenvalue weighted by molar-refractivity contribution is 5.51. The molecule has 0 radical (unpaired) electrons. The number of hydrogen-bond acceptors (Lipinski definition) is 5. The molecule has 5 nitrogen and oxygen atoms in total. The van der Waals surface area contributed by atoms with Crippen LogP contribution >= 0.6 is 0 Å². The molecule has 128 valence electrons. The van der Waals surface area contributed by atoms with Gasteiger partial charge in [-0.1, -0.05) is 0 Å². The molecule has 2 aliphatic rings. The summed E-state index contributed by atoms with van der Waals surface area (Å²) < 4.78 is 22.8. The first-order chi connectivity index (χ1) is 11.8. The molecule has 1 saturated heterocycles. The van der Waals surface area contributed by atoms with Crippen LogP contribution < -0.4 is 14.2 Å². The third kappa shape index (κ3) is 2.96. The molecule has 0 spiro atoms. The molecule has 1 aromatic carbocycles. The largest absolute Gasteiger partial charge is 0.496 e. The summed E-state index contributed by atoms with van der Waals surface area (Å²) in [5, 5.41) is 0. The molecule has 0 N–H and O–H groups in total. The molecule has 0 unspecified atom stereocenters. The number of rotatable bonds is 4. The maximum Gasteiger partial charge on any atom is 0.164 e. The third-order valence-corrected chi connectivity index (χ3v) is 4.76. The molecule has 2 aromatic rings. The van der Waals surface area contributed by atoms with E-state index in [4.69, 9.17) is 18.6 Å². The first-order valence-electron chi connectivity index (χ1n) is 8.59. The predicted octanol–water partition coefficient (Wildman–Crippen LogP) is 3.79. The quantitative estimate of drug-likeness (QED) is 0.854. The minimum absolute atomic E-state index is 0.334. The Hall–Kier alpha value is -2.14. The van der Waals surface area contributed by atoms with Crippen LogP contribution in [-0.4, -0.2) is 31.8 Å². The summed E-state index contributed by atoms with van der Waals surface area (Å²) in [6.45, 7) is 3.24. The molecule has 0 aliphatic carbocycles. The van der Waals surface area contributed by atoms with E-state index in [1.807, 2.05) is 12.1 Å². The van der Waals surface area contributed by atoms with E-state index in [2.05, 4.69) is 17.0 Å². The molecule has 5 heteroatoms. The third-order valence-electron chi connectivity index (χ3n) is 4.76. The Balaban J connectivity index is 1.60. The maximum atomic E-state index is 5.83. The molecule has 2 aliphatic heterocycles. The van der Waals surface area contributed by atoms with Crippen molar-refractivity contribution in [1.82, 2.24) is 4.90 Å². The molecule has 4 rings (SSSR count). The van der Waals surface area contributed by atoms with E-state index in [9.17, 15) is 0 Å². The summed E-state index contributed by atoms with van der Waals surface area (Å²) in [7, 11) is 1.71. The van der Waals surface area contributed by atoms with Gasteiger partial charge in [0.2, 0.25) is 0 Å². The maximum absolute atomic E-state index is 5.83.